The molecule has 0 N–H and O–H groups in total. The van der Waals surface area contributed by atoms with Gasteiger partial charge in [-0.05, 0) is 61.6 Å². The summed E-state index contributed by atoms with van der Waals surface area (Å²) in [5, 5.41) is 0. The lowest BCUT2D eigenvalue weighted by Crippen LogP contribution is -2.11. The Kier molecular flexibility index (Phi) is 5.14. The molecule has 2 nitrogen and oxygen atoms in total. The fourth-order valence-corrected chi connectivity index (χ4v) is 2.92. The van der Waals surface area contributed by atoms with Gasteiger partial charge in [-0.2, -0.15) is 0 Å². The quantitative estimate of drug-likeness (QED) is 0.677. The topological polar surface area (TPSA) is 18.5 Å². The summed E-state index contributed by atoms with van der Waals surface area (Å²) in [7, 11) is 1.60. The molecule has 4 heteroatoms. The standard InChI is InChI=1S/C20H20F2O2/c1-23-19-12-10-14(13-20(19)24-15-5-2-3-6-15)9-11-16-17(21)7-4-8-18(16)22/h4,7-13,15H,2-3,5-6H2,1H3. The minimum atomic E-state index is -0.581. The third-order valence-electron chi connectivity index (χ3n) is 4.23. The van der Waals surface area contributed by atoms with E-state index in [9.17, 15) is 8.78 Å². The maximum Gasteiger partial charge on any atom is 0.162 e. The summed E-state index contributed by atoms with van der Waals surface area (Å²) in [5.74, 6) is 0.168. The average molecular weight is 330 g/mol. The van der Waals surface area contributed by atoms with E-state index in [1.165, 1.54) is 37.1 Å². The van der Waals surface area contributed by atoms with Gasteiger partial charge in [0.05, 0.1) is 13.2 Å². The van der Waals surface area contributed by atoms with Crippen molar-refractivity contribution in [3.8, 4) is 11.5 Å². The molecule has 0 aromatic heterocycles. The van der Waals surface area contributed by atoms with Crippen molar-refractivity contribution in [3.05, 3.63) is 59.2 Å². The van der Waals surface area contributed by atoms with Crippen LogP contribution in [0.4, 0.5) is 8.78 Å². The van der Waals surface area contributed by atoms with E-state index in [4.69, 9.17) is 9.47 Å². The summed E-state index contributed by atoms with van der Waals surface area (Å²) in [4.78, 5) is 0. The molecule has 3 rings (SSSR count). The lowest BCUT2D eigenvalue weighted by Gasteiger charge is -2.16. The van der Waals surface area contributed by atoms with E-state index >= 15 is 0 Å². The van der Waals surface area contributed by atoms with Crippen molar-refractivity contribution in [2.75, 3.05) is 7.11 Å². The molecule has 0 aliphatic heterocycles. The predicted molar refractivity (Wildman–Crippen MR) is 91.2 cm³/mol. The number of rotatable bonds is 5. The minimum absolute atomic E-state index is 0.0495. The first-order chi connectivity index (χ1) is 11.7. The fraction of sp³-hybridized carbons (Fsp3) is 0.300. The number of hydrogen-bond acceptors (Lipinski definition) is 2. The van der Waals surface area contributed by atoms with Crippen molar-refractivity contribution in [1.29, 1.82) is 0 Å². The SMILES string of the molecule is COc1ccc(C=Cc2c(F)cccc2F)cc1OC1CCCC1. The molecule has 1 aliphatic rings. The molecule has 0 amide bonds. The van der Waals surface area contributed by atoms with Crippen molar-refractivity contribution in [1.82, 2.24) is 0 Å². The van der Waals surface area contributed by atoms with E-state index in [1.807, 2.05) is 18.2 Å². The van der Waals surface area contributed by atoms with Crippen LogP contribution in [-0.2, 0) is 0 Å². The summed E-state index contributed by atoms with van der Waals surface area (Å²) >= 11 is 0. The normalized spacial score (nSPS) is 15.1. The molecule has 126 valence electrons. The zero-order chi connectivity index (χ0) is 16.9. The molecular weight excluding hydrogens is 310 g/mol. The first kappa shape index (κ1) is 16.5. The van der Waals surface area contributed by atoms with Gasteiger partial charge in [0.15, 0.2) is 11.5 Å². The van der Waals surface area contributed by atoms with E-state index in [2.05, 4.69) is 0 Å². The summed E-state index contributed by atoms with van der Waals surface area (Å²) < 4.78 is 38.7. The van der Waals surface area contributed by atoms with Crippen molar-refractivity contribution in [2.24, 2.45) is 0 Å². The second-order valence-corrected chi connectivity index (χ2v) is 5.90. The Bertz CT molecular complexity index is 714. The molecule has 0 unspecified atom stereocenters. The van der Waals surface area contributed by atoms with Crippen LogP contribution in [-0.4, -0.2) is 13.2 Å². The van der Waals surface area contributed by atoms with Crippen LogP contribution < -0.4 is 9.47 Å². The summed E-state index contributed by atoms with van der Waals surface area (Å²) in [6.07, 6.45) is 7.77. The Hall–Kier alpha value is -2.36. The van der Waals surface area contributed by atoms with Gasteiger partial charge >= 0.3 is 0 Å². The number of methoxy groups -OCH3 is 1. The summed E-state index contributed by atoms with van der Waals surface area (Å²) in [6.45, 7) is 0. The molecule has 0 bridgehead atoms. The molecule has 24 heavy (non-hydrogen) atoms. The van der Waals surface area contributed by atoms with Gasteiger partial charge in [0.25, 0.3) is 0 Å². The van der Waals surface area contributed by atoms with Gasteiger partial charge in [-0.25, -0.2) is 8.78 Å². The third kappa shape index (κ3) is 3.75. The van der Waals surface area contributed by atoms with Crippen LogP contribution in [0.15, 0.2) is 36.4 Å². The Morgan fingerprint density at radius 3 is 2.33 bits per heavy atom. The molecule has 0 heterocycles. The Labute approximate surface area is 140 Å². The average Bonchev–Trinajstić information content (AvgIpc) is 3.08. The maximum atomic E-state index is 13.7. The number of halogens is 2. The molecule has 0 atom stereocenters. The van der Waals surface area contributed by atoms with Crippen LogP contribution >= 0.6 is 0 Å². The van der Waals surface area contributed by atoms with Crippen LogP contribution in [0, 0.1) is 11.6 Å². The Morgan fingerprint density at radius 2 is 1.67 bits per heavy atom. The second-order valence-electron chi connectivity index (χ2n) is 5.90. The summed E-state index contributed by atoms with van der Waals surface area (Å²) in [5.41, 5.74) is 0.748. The molecule has 0 saturated heterocycles. The predicted octanol–water partition coefficient (Wildman–Crippen LogP) is 5.47. The molecule has 0 spiro atoms. The van der Waals surface area contributed by atoms with Gasteiger partial charge in [0, 0.05) is 5.56 Å². The highest BCUT2D eigenvalue weighted by atomic mass is 19.1. The van der Waals surface area contributed by atoms with Crippen molar-refractivity contribution in [3.63, 3.8) is 0 Å². The van der Waals surface area contributed by atoms with Gasteiger partial charge in [-0.15, -0.1) is 0 Å². The highest BCUT2D eigenvalue weighted by Crippen LogP contribution is 2.33. The Morgan fingerprint density at radius 1 is 0.958 bits per heavy atom. The van der Waals surface area contributed by atoms with E-state index in [0.29, 0.717) is 11.5 Å². The van der Waals surface area contributed by atoms with Crippen molar-refractivity contribution in [2.45, 2.75) is 31.8 Å². The number of benzene rings is 2. The van der Waals surface area contributed by atoms with Crippen LogP contribution in [0.2, 0.25) is 0 Å². The molecule has 1 saturated carbocycles. The maximum absolute atomic E-state index is 13.7. The van der Waals surface area contributed by atoms with Crippen LogP contribution in [0.3, 0.4) is 0 Å². The largest absolute Gasteiger partial charge is 0.493 e. The number of ether oxygens (including phenoxy) is 2. The zero-order valence-electron chi connectivity index (χ0n) is 13.6. The summed E-state index contributed by atoms with van der Waals surface area (Å²) in [6, 6.07) is 9.31. The van der Waals surface area contributed by atoms with Gasteiger partial charge in [0.1, 0.15) is 11.6 Å². The van der Waals surface area contributed by atoms with Gasteiger partial charge in [-0.1, -0.05) is 18.2 Å². The fourth-order valence-electron chi connectivity index (χ4n) is 2.92. The van der Waals surface area contributed by atoms with E-state index in [1.54, 1.807) is 13.2 Å². The lowest BCUT2D eigenvalue weighted by molar-refractivity contribution is 0.201. The Balaban J connectivity index is 1.84. The molecular formula is C20H20F2O2. The third-order valence-corrected chi connectivity index (χ3v) is 4.23. The molecule has 1 aliphatic carbocycles. The van der Waals surface area contributed by atoms with E-state index < -0.39 is 11.6 Å². The van der Waals surface area contributed by atoms with Crippen LogP contribution in [0.25, 0.3) is 12.2 Å². The molecule has 0 radical (unpaired) electrons. The van der Waals surface area contributed by atoms with E-state index in [-0.39, 0.29) is 11.7 Å². The van der Waals surface area contributed by atoms with Crippen molar-refractivity contribution >= 4 is 12.2 Å². The smallest absolute Gasteiger partial charge is 0.162 e. The molecule has 1 fully saturated rings. The van der Waals surface area contributed by atoms with Gasteiger partial charge in [-0.3, -0.25) is 0 Å². The second kappa shape index (κ2) is 7.47. The minimum Gasteiger partial charge on any atom is -0.493 e. The first-order valence-electron chi connectivity index (χ1n) is 8.14. The first-order valence-corrected chi connectivity index (χ1v) is 8.14. The lowest BCUT2D eigenvalue weighted by atomic mass is 10.1. The molecule has 2 aromatic rings. The zero-order valence-corrected chi connectivity index (χ0v) is 13.6. The van der Waals surface area contributed by atoms with Gasteiger partial charge < -0.3 is 9.47 Å². The van der Waals surface area contributed by atoms with Crippen LogP contribution in [0.5, 0.6) is 11.5 Å². The highest BCUT2D eigenvalue weighted by Gasteiger charge is 2.18. The monoisotopic (exact) mass is 330 g/mol. The van der Waals surface area contributed by atoms with Crippen LogP contribution in [0.1, 0.15) is 36.8 Å². The number of hydrogen-bond donors (Lipinski definition) is 0. The van der Waals surface area contributed by atoms with Crippen molar-refractivity contribution < 1.29 is 18.3 Å². The van der Waals surface area contributed by atoms with Gasteiger partial charge in [0.2, 0.25) is 0 Å². The molecule has 2 aromatic carbocycles. The highest BCUT2D eigenvalue weighted by molar-refractivity contribution is 5.71. The van der Waals surface area contributed by atoms with E-state index in [0.717, 1.165) is 18.4 Å².